The smallest absolute Gasteiger partial charge is 0.416 e. The highest BCUT2D eigenvalue weighted by atomic mass is 19.4. The lowest BCUT2D eigenvalue weighted by Crippen LogP contribution is -2.30. The summed E-state index contributed by atoms with van der Waals surface area (Å²) in [5.41, 5.74) is 2.28. The minimum atomic E-state index is -4.37. The third kappa shape index (κ3) is 6.85. The third-order valence-corrected chi connectivity index (χ3v) is 5.50. The van der Waals surface area contributed by atoms with E-state index < -0.39 is 23.6 Å². The summed E-state index contributed by atoms with van der Waals surface area (Å²) >= 11 is 0. The molecule has 3 rings (SSSR count). The minimum Gasteiger partial charge on any atom is -0.489 e. The lowest BCUT2D eigenvalue weighted by atomic mass is 9.94. The topological polar surface area (TPSA) is 55.8 Å². The number of amides is 1. The SMILES string of the molecule is COC(=O)C[C@H](C(=O)N(C)C)c1ccc(OCc2cccc(-c3ccc(C(F)(F)F)cc3)c2)cc1. The second-order valence-electron chi connectivity index (χ2n) is 8.20. The first kappa shape index (κ1) is 25.8. The van der Waals surface area contributed by atoms with Gasteiger partial charge < -0.3 is 14.4 Å². The predicted molar refractivity (Wildman–Crippen MR) is 126 cm³/mol. The van der Waals surface area contributed by atoms with E-state index in [1.807, 2.05) is 24.3 Å². The fourth-order valence-electron chi connectivity index (χ4n) is 3.56. The molecule has 35 heavy (non-hydrogen) atoms. The van der Waals surface area contributed by atoms with Crippen LogP contribution in [-0.2, 0) is 27.1 Å². The van der Waals surface area contributed by atoms with E-state index in [1.165, 1.54) is 24.1 Å². The monoisotopic (exact) mass is 485 g/mol. The number of carbonyl (C=O) groups excluding carboxylic acids is 2. The van der Waals surface area contributed by atoms with Gasteiger partial charge in [-0.15, -0.1) is 0 Å². The van der Waals surface area contributed by atoms with E-state index in [0.717, 1.165) is 23.3 Å². The number of carbonyl (C=O) groups is 2. The van der Waals surface area contributed by atoms with Gasteiger partial charge in [0.1, 0.15) is 12.4 Å². The van der Waals surface area contributed by atoms with Crippen molar-refractivity contribution in [3.8, 4) is 16.9 Å². The molecule has 3 aromatic rings. The fraction of sp³-hybridized carbons (Fsp3) is 0.259. The molecule has 0 aliphatic heterocycles. The zero-order valence-corrected chi connectivity index (χ0v) is 19.6. The molecular formula is C27H26F3NO4. The van der Waals surface area contributed by atoms with E-state index in [0.29, 0.717) is 16.9 Å². The maximum atomic E-state index is 12.8. The molecule has 0 bridgehead atoms. The summed E-state index contributed by atoms with van der Waals surface area (Å²) in [6.45, 7) is 0.246. The quantitative estimate of drug-likeness (QED) is 0.385. The number of ether oxygens (including phenoxy) is 2. The molecular weight excluding hydrogens is 459 g/mol. The Balaban J connectivity index is 1.69. The molecule has 0 spiro atoms. The van der Waals surface area contributed by atoms with Gasteiger partial charge in [-0.2, -0.15) is 13.2 Å². The predicted octanol–water partition coefficient (Wildman–Crippen LogP) is 5.69. The molecule has 184 valence electrons. The summed E-state index contributed by atoms with van der Waals surface area (Å²) in [5.74, 6) is -0.766. The summed E-state index contributed by atoms with van der Waals surface area (Å²) < 4.78 is 49.0. The number of halogens is 3. The lowest BCUT2D eigenvalue weighted by Gasteiger charge is -2.20. The molecule has 0 saturated heterocycles. The van der Waals surface area contributed by atoms with Crippen LogP contribution in [0.15, 0.2) is 72.8 Å². The number of benzene rings is 3. The van der Waals surface area contributed by atoms with Gasteiger partial charge in [0.05, 0.1) is 25.0 Å². The van der Waals surface area contributed by atoms with Crippen molar-refractivity contribution < 1.29 is 32.2 Å². The van der Waals surface area contributed by atoms with E-state index in [-0.39, 0.29) is 18.9 Å². The van der Waals surface area contributed by atoms with Crippen molar-refractivity contribution in [2.24, 2.45) is 0 Å². The van der Waals surface area contributed by atoms with Crippen LogP contribution in [0.5, 0.6) is 5.75 Å². The van der Waals surface area contributed by atoms with Crippen molar-refractivity contribution in [2.75, 3.05) is 21.2 Å². The molecule has 0 aromatic heterocycles. The van der Waals surface area contributed by atoms with Crippen LogP contribution in [0.25, 0.3) is 11.1 Å². The summed E-state index contributed by atoms with van der Waals surface area (Å²) in [6.07, 6.45) is -4.44. The molecule has 0 aliphatic carbocycles. The van der Waals surface area contributed by atoms with Crippen LogP contribution in [-0.4, -0.2) is 38.0 Å². The molecule has 3 aromatic carbocycles. The maximum absolute atomic E-state index is 12.8. The van der Waals surface area contributed by atoms with Gasteiger partial charge in [-0.05, 0) is 52.6 Å². The third-order valence-electron chi connectivity index (χ3n) is 5.50. The molecule has 0 heterocycles. The molecule has 0 aliphatic rings. The Hall–Kier alpha value is -3.81. The van der Waals surface area contributed by atoms with E-state index in [1.54, 1.807) is 38.4 Å². The van der Waals surface area contributed by atoms with Crippen molar-refractivity contribution in [3.05, 3.63) is 89.5 Å². The van der Waals surface area contributed by atoms with E-state index >= 15 is 0 Å². The number of esters is 1. The summed E-state index contributed by atoms with van der Waals surface area (Å²) in [5, 5.41) is 0. The number of hydrogen-bond acceptors (Lipinski definition) is 4. The zero-order chi connectivity index (χ0) is 25.6. The number of likely N-dealkylation sites (N-methyl/N-ethyl adjacent to an activating group) is 1. The average Bonchev–Trinajstić information content (AvgIpc) is 2.85. The van der Waals surface area contributed by atoms with Gasteiger partial charge in [0.15, 0.2) is 0 Å². The molecule has 8 heteroatoms. The number of nitrogens with zero attached hydrogens (tertiary/aromatic N) is 1. The summed E-state index contributed by atoms with van der Waals surface area (Å²) in [4.78, 5) is 25.7. The van der Waals surface area contributed by atoms with Gasteiger partial charge >= 0.3 is 12.1 Å². The summed E-state index contributed by atoms with van der Waals surface area (Å²) in [6, 6.07) is 19.3. The first-order valence-corrected chi connectivity index (χ1v) is 10.9. The van der Waals surface area contributed by atoms with Gasteiger partial charge in [0.25, 0.3) is 0 Å². The zero-order valence-electron chi connectivity index (χ0n) is 19.6. The Morgan fingerprint density at radius 3 is 2.14 bits per heavy atom. The standard InChI is InChI=1S/C27H26F3NO4/c1-31(2)26(33)24(16-25(32)34-3)20-9-13-23(14-10-20)35-17-18-5-4-6-21(15-18)19-7-11-22(12-8-19)27(28,29)30/h4-15,24H,16-17H2,1-3H3/t24-/m0/s1. The van der Waals surface area contributed by atoms with Crippen molar-refractivity contribution in [2.45, 2.75) is 25.1 Å². The highest BCUT2D eigenvalue weighted by Crippen LogP contribution is 2.31. The van der Waals surface area contributed by atoms with Crippen LogP contribution in [0, 0.1) is 0 Å². The van der Waals surface area contributed by atoms with Crippen LogP contribution >= 0.6 is 0 Å². The molecule has 5 nitrogen and oxygen atoms in total. The normalized spacial score (nSPS) is 12.1. The van der Waals surface area contributed by atoms with Crippen LogP contribution in [0.3, 0.4) is 0 Å². The van der Waals surface area contributed by atoms with E-state index in [2.05, 4.69) is 0 Å². The van der Waals surface area contributed by atoms with Gasteiger partial charge in [0, 0.05) is 14.1 Å². The Morgan fingerprint density at radius 1 is 0.914 bits per heavy atom. The molecule has 0 N–H and O–H groups in total. The van der Waals surface area contributed by atoms with Crippen LogP contribution in [0.1, 0.15) is 29.0 Å². The van der Waals surface area contributed by atoms with Gasteiger partial charge in [-0.25, -0.2) is 0 Å². The Kier molecular flexibility index (Phi) is 8.17. The van der Waals surface area contributed by atoms with Crippen molar-refractivity contribution in [3.63, 3.8) is 0 Å². The van der Waals surface area contributed by atoms with E-state index in [4.69, 9.17) is 9.47 Å². The Morgan fingerprint density at radius 2 is 1.57 bits per heavy atom. The number of rotatable bonds is 8. The molecule has 1 amide bonds. The fourth-order valence-corrected chi connectivity index (χ4v) is 3.56. The molecule has 0 saturated carbocycles. The lowest BCUT2D eigenvalue weighted by molar-refractivity contribution is -0.144. The molecule has 0 fully saturated rings. The second-order valence-corrected chi connectivity index (χ2v) is 8.20. The van der Waals surface area contributed by atoms with E-state index in [9.17, 15) is 22.8 Å². The van der Waals surface area contributed by atoms with Crippen molar-refractivity contribution >= 4 is 11.9 Å². The second kappa shape index (κ2) is 11.1. The minimum absolute atomic E-state index is 0.0650. The van der Waals surface area contributed by atoms with Crippen LogP contribution < -0.4 is 4.74 Å². The first-order chi connectivity index (χ1) is 16.6. The summed E-state index contributed by atoms with van der Waals surface area (Å²) in [7, 11) is 4.54. The van der Waals surface area contributed by atoms with Gasteiger partial charge in [-0.1, -0.05) is 42.5 Å². The first-order valence-electron chi connectivity index (χ1n) is 10.9. The largest absolute Gasteiger partial charge is 0.489 e. The van der Waals surface area contributed by atoms with Gasteiger partial charge in [-0.3, -0.25) is 9.59 Å². The van der Waals surface area contributed by atoms with Crippen molar-refractivity contribution in [1.82, 2.24) is 4.90 Å². The highest BCUT2D eigenvalue weighted by molar-refractivity contribution is 5.88. The molecule has 0 radical (unpaired) electrons. The highest BCUT2D eigenvalue weighted by Gasteiger charge is 2.30. The van der Waals surface area contributed by atoms with Crippen LogP contribution in [0.4, 0.5) is 13.2 Å². The Bertz CT molecular complexity index is 1160. The maximum Gasteiger partial charge on any atom is 0.416 e. The molecule has 1 atom stereocenters. The van der Waals surface area contributed by atoms with Crippen LogP contribution in [0.2, 0.25) is 0 Å². The molecule has 0 unspecified atom stereocenters. The number of hydrogen-bond donors (Lipinski definition) is 0. The van der Waals surface area contributed by atoms with Crippen molar-refractivity contribution in [1.29, 1.82) is 0 Å². The number of alkyl halides is 3. The van der Waals surface area contributed by atoms with Gasteiger partial charge in [0.2, 0.25) is 5.91 Å². The number of methoxy groups -OCH3 is 1. The Labute approximate surface area is 202 Å². The average molecular weight is 486 g/mol.